The molecule has 21 heavy (non-hydrogen) atoms. The van der Waals surface area contributed by atoms with Crippen LogP contribution in [0.15, 0.2) is 0 Å². The second kappa shape index (κ2) is 15.9. The van der Waals surface area contributed by atoms with Crippen molar-refractivity contribution in [2.24, 2.45) is 0 Å². The van der Waals surface area contributed by atoms with Crippen LogP contribution in [0.1, 0.15) is 90.9 Å². The van der Waals surface area contributed by atoms with Gasteiger partial charge in [0.05, 0.1) is 6.42 Å². The molecule has 0 aromatic carbocycles. The Morgan fingerprint density at radius 2 is 1.29 bits per heavy atom. The van der Waals surface area contributed by atoms with Gasteiger partial charge in [-0.05, 0) is 13.3 Å². The van der Waals surface area contributed by atoms with E-state index in [1.165, 1.54) is 57.8 Å². The molecule has 0 heterocycles. The zero-order chi connectivity index (χ0) is 15.8. The highest BCUT2D eigenvalue weighted by molar-refractivity contribution is 7.34. The largest absolute Gasteiger partial charge is 0.753 e. The second-order valence-corrected chi connectivity index (χ2v) is 6.28. The quantitative estimate of drug-likeness (QED) is 0.277. The number of hydrogen-bond acceptors (Lipinski definition) is 4. The van der Waals surface area contributed by atoms with Gasteiger partial charge in [-0.2, -0.15) is 4.52 Å². The lowest BCUT2D eigenvalue weighted by Crippen LogP contribution is -1.99. The number of carbonyl (C=O) groups excluding carboxylic acids is 1. The maximum absolute atomic E-state index is 11.3. The van der Waals surface area contributed by atoms with Crippen LogP contribution in [0.4, 0.5) is 0 Å². The maximum Gasteiger partial charge on any atom is 0.753 e. The fraction of sp³-hybridized carbons (Fsp3) is 0.938. The molecule has 4 nitrogen and oxygen atoms in total. The summed E-state index contributed by atoms with van der Waals surface area (Å²) in [4.78, 5) is 11.3. The van der Waals surface area contributed by atoms with E-state index in [1.54, 1.807) is 6.92 Å². The maximum atomic E-state index is 11.3. The van der Waals surface area contributed by atoms with Gasteiger partial charge in [0.1, 0.15) is 6.61 Å². The molecule has 0 amide bonds. The van der Waals surface area contributed by atoms with Gasteiger partial charge in [-0.1, -0.05) is 71.1 Å². The normalized spacial score (nSPS) is 11.4. The molecule has 0 rings (SSSR count). The highest BCUT2D eigenvalue weighted by Gasteiger charge is 2.24. The van der Waals surface area contributed by atoms with Crippen molar-refractivity contribution in [2.75, 3.05) is 6.61 Å². The summed E-state index contributed by atoms with van der Waals surface area (Å²) in [6.07, 6.45) is 14.0. The summed E-state index contributed by atoms with van der Waals surface area (Å²) in [6.45, 7) is 4.25. The van der Waals surface area contributed by atoms with Crippen molar-refractivity contribution < 1.29 is 18.4 Å². The predicted molar refractivity (Wildman–Crippen MR) is 86.4 cm³/mol. The van der Waals surface area contributed by atoms with E-state index in [0.29, 0.717) is 13.0 Å². The summed E-state index contributed by atoms with van der Waals surface area (Å²) >= 11 is 0. The fourth-order valence-electron chi connectivity index (χ4n) is 2.19. The zero-order valence-electron chi connectivity index (χ0n) is 13.8. The van der Waals surface area contributed by atoms with E-state index in [0.717, 1.165) is 12.8 Å². The first kappa shape index (κ1) is 20.5. The summed E-state index contributed by atoms with van der Waals surface area (Å²) in [6, 6.07) is 0. The van der Waals surface area contributed by atoms with Gasteiger partial charge in [0, 0.05) is 4.57 Å². The minimum Gasteiger partial charge on any atom is -0.247 e. The minimum atomic E-state index is -2.26. The highest BCUT2D eigenvalue weighted by atomic mass is 31.1. The molecule has 0 spiro atoms. The zero-order valence-corrected chi connectivity index (χ0v) is 14.7. The van der Waals surface area contributed by atoms with Gasteiger partial charge in [0.15, 0.2) is 0 Å². The van der Waals surface area contributed by atoms with Gasteiger partial charge >= 0.3 is 14.2 Å². The van der Waals surface area contributed by atoms with Crippen LogP contribution < -0.4 is 0 Å². The summed E-state index contributed by atoms with van der Waals surface area (Å²) in [7, 11) is -2.26. The Labute approximate surface area is 130 Å². The van der Waals surface area contributed by atoms with Crippen molar-refractivity contribution in [2.45, 2.75) is 90.9 Å². The van der Waals surface area contributed by atoms with E-state index in [4.69, 9.17) is 0 Å². The first-order valence-electron chi connectivity index (χ1n) is 8.51. The Balaban J connectivity index is 3.21. The number of rotatable bonds is 15. The lowest BCUT2D eigenvalue weighted by Gasteiger charge is -2.01. The molecule has 0 bridgehead atoms. The molecule has 5 heteroatoms. The summed E-state index contributed by atoms with van der Waals surface area (Å²) < 4.78 is 20.4. The van der Waals surface area contributed by atoms with Crippen LogP contribution in [-0.4, -0.2) is 12.6 Å². The molecular weight excluding hydrogens is 287 g/mol. The molecule has 0 radical (unpaired) electrons. The molecule has 124 valence electrons. The summed E-state index contributed by atoms with van der Waals surface area (Å²) in [5.41, 5.74) is 0. The molecule has 1 atom stereocenters. The van der Waals surface area contributed by atoms with Crippen LogP contribution in [0.5, 0.6) is 0 Å². The second-order valence-electron chi connectivity index (χ2n) is 5.39. The van der Waals surface area contributed by atoms with Crippen LogP contribution in [0.2, 0.25) is 0 Å². The molecular formula is C16H32O4P+. The molecule has 0 aliphatic heterocycles. The lowest BCUT2D eigenvalue weighted by atomic mass is 10.1. The van der Waals surface area contributed by atoms with Gasteiger partial charge in [-0.15, -0.1) is 4.52 Å². The first-order valence-corrected chi connectivity index (χ1v) is 9.61. The smallest absolute Gasteiger partial charge is 0.247 e. The Kier molecular flexibility index (Phi) is 15.6. The third-order valence-corrected chi connectivity index (χ3v) is 4.22. The van der Waals surface area contributed by atoms with Crippen molar-refractivity contribution in [3.63, 3.8) is 0 Å². The van der Waals surface area contributed by atoms with Gasteiger partial charge in [-0.3, -0.25) is 0 Å². The molecule has 0 fully saturated rings. The average molecular weight is 319 g/mol. The Morgan fingerprint density at radius 1 is 0.810 bits per heavy atom. The summed E-state index contributed by atoms with van der Waals surface area (Å²) in [5, 5.41) is 0. The SMILES string of the molecule is CCCCCCCCCCCCCC(=O)O[P+](=O)OCC. The molecule has 0 aromatic heterocycles. The third kappa shape index (κ3) is 15.7. The van der Waals surface area contributed by atoms with Crippen molar-refractivity contribution >= 4 is 14.2 Å². The van der Waals surface area contributed by atoms with E-state index < -0.39 is 14.2 Å². The summed E-state index contributed by atoms with van der Waals surface area (Å²) in [5.74, 6) is -0.416. The van der Waals surface area contributed by atoms with E-state index in [2.05, 4.69) is 16.0 Å². The molecule has 1 unspecified atom stereocenters. The van der Waals surface area contributed by atoms with Crippen molar-refractivity contribution in [1.29, 1.82) is 0 Å². The number of carbonyl (C=O) groups is 1. The standard InChI is InChI=1S/C16H32O4P/c1-3-5-6-7-8-9-10-11-12-13-14-15-16(17)20-21(18)19-4-2/h3-15H2,1-2H3/q+1. The van der Waals surface area contributed by atoms with E-state index in [9.17, 15) is 9.36 Å². The first-order chi connectivity index (χ1) is 10.2. The van der Waals surface area contributed by atoms with Gasteiger partial charge < -0.3 is 0 Å². The van der Waals surface area contributed by atoms with Crippen LogP contribution in [0.3, 0.4) is 0 Å². The predicted octanol–water partition coefficient (Wildman–Crippen LogP) is 5.92. The number of hydrogen-bond donors (Lipinski definition) is 0. The lowest BCUT2D eigenvalue weighted by molar-refractivity contribution is -0.134. The van der Waals surface area contributed by atoms with Crippen molar-refractivity contribution in [1.82, 2.24) is 0 Å². The van der Waals surface area contributed by atoms with Gasteiger partial charge in [-0.25, -0.2) is 4.79 Å². The number of unbranched alkanes of at least 4 members (excludes halogenated alkanes) is 10. The van der Waals surface area contributed by atoms with Crippen LogP contribution in [0.25, 0.3) is 0 Å². The van der Waals surface area contributed by atoms with E-state index in [1.807, 2.05) is 0 Å². The molecule has 0 aromatic rings. The molecule has 0 saturated heterocycles. The van der Waals surface area contributed by atoms with Crippen molar-refractivity contribution in [3.8, 4) is 0 Å². The monoisotopic (exact) mass is 319 g/mol. The molecule has 0 N–H and O–H groups in total. The highest BCUT2D eigenvalue weighted by Crippen LogP contribution is 2.24. The van der Waals surface area contributed by atoms with Crippen molar-refractivity contribution in [3.05, 3.63) is 0 Å². The Hall–Kier alpha value is -0.470. The minimum absolute atomic E-state index is 0.293. The van der Waals surface area contributed by atoms with E-state index >= 15 is 0 Å². The Morgan fingerprint density at radius 3 is 1.76 bits per heavy atom. The fourth-order valence-corrected chi connectivity index (χ4v) is 2.72. The van der Waals surface area contributed by atoms with Gasteiger partial charge in [0.25, 0.3) is 0 Å². The average Bonchev–Trinajstić information content (AvgIpc) is 2.45. The topological polar surface area (TPSA) is 52.6 Å². The third-order valence-electron chi connectivity index (χ3n) is 3.40. The molecule has 0 saturated carbocycles. The van der Waals surface area contributed by atoms with Crippen LogP contribution in [0, 0.1) is 0 Å². The van der Waals surface area contributed by atoms with E-state index in [-0.39, 0.29) is 0 Å². The van der Waals surface area contributed by atoms with Gasteiger partial charge in [0.2, 0.25) is 0 Å². The molecule has 0 aliphatic rings. The van der Waals surface area contributed by atoms with Crippen LogP contribution in [-0.2, 0) is 18.4 Å². The Bertz CT molecular complexity index is 269. The van der Waals surface area contributed by atoms with Crippen LogP contribution >= 0.6 is 8.25 Å². The molecule has 0 aliphatic carbocycles.